The highest BCUT2D eigenvalue weighted by molar-refractivity contribution is 5.68. The zero-order valence-electron chi connectivity index (χ0n) is 12.9. The van der Waals surface area contributed by atoms with Gasteiger partial charge in [0.25, 0.3) is 0 Å². The Labute approximate surface area is 120 Å². The molecule has 0 bridgehead atoms. The molecule has 0 aromatic heterocycles. The quantitative estimate of drug-likeness (QED) is 0.811. The molecule has 0 saturated heterocycles. The lowest BCUT2D eigenvalue weighted by molar-refractivity contribution is 0.0170. The lowest BCUT2D eigenvalue weighted by Gasteiger charge is -2.29. The van der Waals surface area contributed by atoms with Crippen molar-refractivity contribution >= 4 is 6.09 Å². The van der Waals surface area contributed by atoms with E-state index in [9.17, 15) is 9.18 Å². The van der Waals surface area contributed by atoms with Crippen molar-refractivity contribution in [1.29, 1.82) is 0 Å². The number of methoxy groups -OCH3 is 2. The highest BCUT2D eigenvalue weighted by atomic mass is 19.1. The third kappa shape index (κ3) is 5.25. The number of halogens is 1. The first-order chi connectivity index (χ1) is 9.26. The smallest absolute Gasteiger partial charge is 0.408 e. The van der Waals surface area contributed by atoms with E-state index in [0.29, 0.717) is 12.8 Å². The largest absolute Gasteiger partial charge is 0.444 e. The maximum absolute atomic E-state index is 14.3. The fourth-order valence-corrected chi connectivity index (χ4v) is 2.38. The lowest BCUT2D eigenvalue weighted by Crippen LogP contribution is -2.50. The van der Waals surface area contributed by atoms with Gasteiger partial charge in [-0.1, -0.05) is 0 Å². The highest BCUT2D eigenvalue weighted by Gasteiger charge is 2.37. The van der Waals surface area contributed by atoms with Crippen LogP contribution in [0.5, 0.6) is 0 Å². The van der Waals surface area contributed by atoms with Gasteiger partial charge in [0, 0.05) is 20.6 Å². The van der Waals surface area contributed by atoms with Gasteiger partial charge in [-0.05, 0) is 33.6 Å². The summed E-state index contributed by atoms with van der Waals surface area (Å²) in [6.07, 6.45) is -0.775. The van der Waals surface area contributed by atoms with Crippen molar-refractivity contribution in [1.82, 2.24) is 5.32 Å². The SMILES string of the molecule is COC1CCC(OC)C(NC(=O)OC(C)(C)C)C(F)C1. The maximum atomic E-state index is 14.3. The van der Waals surface area contributed by atoms with Crippen LogP contribution in [0.2, 0.25) is 0 Å². The second-order valence-electron chi connectivity index (χ2n) is 6.13. The van der Waals surface area contributed by atoms with Gasteiger partial charge in [-0.15, -0.1) is 0 Å². The summed E-state index contributed by atoms with van der Waals surface area (Å²) in [5.74, 6) is 0. The average Bonchev–Trinajstić information content (AvgIpc) is 2.47. The van der Waals surface area contributed by atoms with Crippen molar-refractivity contribution in [3.8, 4) is 0 Å². The minimum atomic E-state index is -1.22. The van der Waals surface area contributed by atoms with Crippen LogP contribution in [0.4, 0.5) is 9.18 Å². The predicted molar refractivity (Wildman–Crippen MR) is 73.5 cm³/mol. The molecule has 0 heterocycles. The van der Waals surface area contributed by atoms with E-state index in [4.69, 9.17) is 14.2 Å². The molecule has 0 radical (unpaired) electrons. The summed E-state index contributed by atoms with van der Waals surface area (Å²) >= 11 is 0. The van der Waals surface area contributed by atoms with Crippen LogP contribution >= 0.6 is 0 Å². The second kappa shape index (κ2) is 7.22. The van der Waals surface area contributed by atoms with Crippen LogP contribution in [0.25, 0.3) is 0 Å². The molecule has 0 spiro atoms. The summed E-state index contributed by atoms with van der Waals surface area (Å²) in [4.78, 5) is 11.8. The Morgan fingerprint density at radius 1 is 1.20 bits per heavy atom. The Balaban J connectivity index is 2.70. The van der Waals surface area contributed by atoms with Gasteiger partial charge < -0.3 is 19.5 Å². The summed E-state index contributed by atoms with van der Waals surface area (Å²) in [6.45, 7) is 5.30. The van der Waals surface area contributed by atoms with Crippen molar-refractivity contribution in [2.45, 2.75) is 70.1 Å². The molecule has 1 fully saturated rings. The van der Waals surface area contributed by atoms with E-state index in [1.807, 2.05) is 0 Å². The second-order valence-corrected chi connectivity index (χ2v) is 6.13. The molecule has 1 N–H and O–H groups in total. The molecule has 1 aliphatic rings. The molecule has 1 amide bonds. The molecule has 118 valence electrons. The normalized spacial score (nSPS) is 31.5. The first kappa shape index (κ1) is 17.2. The van der Waals surface area contributed by atoms with E-state index in [0.717, 1.165) is 0 Å². The van der Waals surface area contributed by atoms with Gasteiger partial charge in [0.05, 0.1) is 18.2 Å². The molecule has 5 nitrogen and oxygen atoms in total. The number of carbonyl (C=O) groups excluding carboxylic acids is 1. The lowest BCUT2D eigenvalue weighted by atomic mass is 10.0. The fraction of sp³-hybridized carbons (Fsp3) is 0.929. The number of hydrogen-bond donors (Lipinski definition) is 1. The third-order valence-electron chi connectivity index (χ3n) is 3.37. The molecule has 6 heteroatoms. The number of nitrogens with one attached hydrogen (secondary N) is 1. The van der Waals surface area contributed by atoms with Crippen LogP contribution < -0.4 is 5.32 Å². The molecule has 4 atom stereocenters. The minimum Gasteiger partial charge on any atom is -0.444 e. The molecule has 20 heavy (non-hydrogen) atoms. The first-order valence-electron chi connectivity index (χ1n) is 6.96. The molecule has 1 rings (SSSR count). The molecule has 1 aliphatic carbocycles. The fourth-order valence-electron chi connectivity index (χ4n) is 2.38. The van der Waals surface area contributed by atoms with Crippen molar-refractivity contribution < 1.29 is 23.4 Å². The van der Waals surface area contributed by atoms with Gasteiger partial charge in [-0.25, -0.2) is 9.18 Å². The molecular formula is C14H26FNO4. The van der Waals surface area contributed by atoms with E-state index < -0.39 is 23.9 Å². The Morgan fingerprint density at radius 2 is 1.85 bits per heavy atom. The third-order valence-corrected chi connectivity index (χ3v) is 3.37. The zero-order chi connectivity index (χ0) is 15.3. The van der Waals surface area contributed by atoms with Crippen LogP contribution in [0.1, 0.15) is 40.0 Å². The van der Waals surface area contributed by atoms with Gasteiger partial charge in [-0.3, -0.25) is 0 Å². The number of carbonyl (C=O) groups is 1. The number of ether oxygens (including phenoxy) is 3. The molecule has 0 aromatic carbocycles. The maximum Gasteiger partial charge on any atom is 0.408 e. The number of amides is 1. The Kier molecular flexibility index (Phi) is 6.20. The Morgan fingerprint density at radius 3 is 2.35 bits per heavy atom. The summed E-state index contributed by atoms with van der Waals surface area (Å²) in [6, 6.07) is -0.713. The topological polar surface area (TPSA) is 56.8 Å². The number of alkyl carbamates (subject to hydrolysis) is 1. The number of hydrogen-bond acceptors (Lipinski definition) is 4. The summed E-state index contributed by atoms with van der Waals surface area (Å²) in [5.41, 5.74) is -0.613. The van der Waals surface area contributed by atoms with Crippen LogP contribution in [0.3, 0.4) is 0 Å². The van der Waals surface area contributed by atoms with Crippen LogP contribution in [-0.2, 0) is 14.2 Å². The van der Waals surface area contributed by atoms with E-state index in [1.54, 1.807) is 27.9 Å². The standard InChI is InChI=1S/C14H26FNO4/c1-14(2,3)20-13(17)16-12-10(15)8-9(18-4)6-7-11(12)19-5/h9-12H,6-8H2,1-5H3,(H,16,17). The van der Waals surface area contributed by atoms with Gasteiger partial charge in [0.15, 0.2) is 0 Å². The molecule has 1 saturated carbocycles. The van der Waals surface area contributed by atoms with Crippen molar-refractivity contribution in [2.24, 2.45) is 0 Å². The molecule has 0 aliphatic heterocycles. The average molecular weight is 291 g/mol. The predicted octanol–water partition coefficient (Wildman–Crippen LogP) is 2.43. The van der Waals surface area contributed by atoms with E-state index in [1.165, 1.54) is 7.11 Å². The van der Waals surface area contributed by atoms with Crippen molar-refractivity contribution in [3.63, 3.8) is 0 Å². The van der Waals surface area contributed by atoms with E-state index in [-0.39, 0.29) is 18.6 Å². The highest BCUT2D eigenvalue weighted by Crippen LogP contribution is 2.25. The first-order valence-corrected chi connectivity index (χ1v) is 6.96. The van der Waals surface area contributed by atoms with Gasteiger partial charge in [0.1, 0.15) is 11.8 Å². The Hall–Kier alpha value is -0.880. The van der Waals surface area contributed by atoms with E-state index >= 15 is 0 Å². The molecular weight excluding hydrogens is 265 g/mol. The summed E-state index contributed by atoms with van der Waals surface area (Å²) in [7, 11) is 3.09. The van der Waals surface area contributed by atoms with Crippen molar-refractivity contribution in [3.05, 3.63) is 0 Å². The Bertz CT molecular complexity index is 319. The summed E-state index contributed by atoms with van der Waals surface area (Å²) < 4.78 is 30.1. The van der Waals surface area contributed by atoms with Crippen LogP contribution in [0.15, 0.2) is 0 Å². The van der Waals surface area contributed by atoms with Gasteiger partial charge >= 0.3 is 6.09 Å². The minimum absolute atomic E-state index is 0.145. The number of alkyl halides is 1. The summed E-state index contributed by atoms with van der Waals surface area (Å²) in [5, 5.41) is 2.59. The van der Waals surface area contributed by atoms with Crippen molar-refractivity contribution in [2.75, 3.05) is 14.2 Å². The molecule has 0 aromatic rings. The van der Waals surface area contributed by atoms with Crippen LogP contribution in [-0.4, -0.2) is 50.3 Å². The van der Waals surface area contributed by atoms with Gasteiger partial charge in [0.2, 0.25) is 0 Å². The van der Waals surface area contributed by atoms with Gasteiger partial charge in [-0.2, -0.15) is 0 Å². The molecule has 4 unspecified atom stereocenters. The van der Waals surface area contributed by atoms with Crippen LogP contribution in [0, 0.1) is 0 Å². The number of rotatable bonds is 3. The monoisotopic (exact) mass is 291 g/mol. The van der Waals surface area contributed by atoms with E-state index in [2.05, 4.69) is 5.32 Å². The zero-order valence-corrected chi connectivity index (χ0v) is 12.9.